The van der Waals surface area contributed by atoms with Crippen LogP contribution in [0.4, 0.5) is 0 Å². The molecule has 190 valence electrons. The van der Waals surface area contributed by atoms with Gasteiger partial charge >= 0.3 is 0 Å². The smallest absolute Gasteiger partial charge is 0.243 e. The van der Waals surface area contributed by atoms with Crippen LogP contribution in [-0.2, 0) is 35.4 Å². The first kappa shape index (κ1) is 27.2. The van der Waals surface area contributed by atoms with Crippen LogP contribution in [0.15, 0.2) is 78.9 Å². The molecule has 3 aromatic rings. The lowest BCUT2D eigenvalue weighted by Crippen LogP contribution is -2.52. The summed E-state index contributed by atoms with van der Waals surface area (Å²) < 4.78 is 0. The standard InChI is InChI=1S/C32H40N2O2/c1-5-25(4)33-32(36)30(22-28-13-8-7-9-14-28)34(23-29-15-11-10-12-24(29)3)31(35)21-20-27-18-16-26(6-2)17-19-27/h7-19,25,30H,5-6,20-23H2,1-4H3,(H,33,36)/t25-,30-/m0/s1. The van der Waals surface area contributed by atoms with Crippen molar-refractivity contribution >= 4 is 11.8 Å². The zero-order valence-electron chi connectivity index (χ0n) is 22.2. The van der Waals surface area contributed by atoms with E-state index < -0.39 is 6.04 Å². The molecule has 2 amide bonds. The summed E-state index contributed by atoms with van der Waals surface area (Å²) in [5, 5.41) is 3.14. The van der Waals surface area contributed by atoms with Gasteiger partial charge in [-0.3, -0.25) is 9.59 Å². The van der Waals surface area contributed by atoms with E-state index in [-0.39, 0.29) is 17.9 Å². The van der Waals surface area contributed by atoms with E-state index in [4.69, 9.17) is 0 Å². The molecule has 36 heavy (non-hydrogen) atoms. The van der Waals surface area contributed by atoms with Gasteiger partial charge in [-0.25, -0.2) is 0 Å². The van der Waals surface area contributed by atoms with Gasteiger partial charge in [-0.05, 0) is 60.9 Å². The van der Waals surface area contributed by atoms with Gasteiger partial charge in [-0.15, -0.1) is 0 Å². The molecule has 4 heteroatoms. The number of rotatable bonds is 12. The Morgan fingerprint density at radius 3 is 2.11 bits per heavy atom. The molecular weight excluding hydrogens is 444 g/mol. The second-order valence-corrected chi connectivity index (χ2v) is 9.64. The molecule has 2 atom stereocenters. The summed E-state index contributed by atoms with van der Waals surface area (Å²) in [5.74, 6) is -0.0968. The van der Waals surface area contributed by atoms with Gasteiger partial charge in [0.2, 0.25) is 11.8 Å². The van der Waals surface area contributed by atoms with Crippen molar-refractivity contribution in [2.45, 2.75) is 78.4 Å². The minimum atomic E-state index is -0.587. The number of carbonyl (C=O) groups is 2. The minimum Gasteiger partial charge on any atom is -0.352 e. The Hall–Kier alpha value is -3.40. The van der Waals surface area contributed by atoms with Crippen LogP contribution >= 0.6 is 0 Å². The lowest BCUT2D eigenvalue weighted by atomic mass is 10.00. The lowest BCUT2D eigenvalue weighted by Gasteiger charge is -2.33. The van der Waals surface area contributed by atoms with Gasteiger partial charge in [0.1, 0.15) is 6.04 Å². The summed E-state index contributed by atoms with van der Waals surface area (Å²) in [5.41, 5.74) is 5.65. The summed E-state index contributed by atoms with van der Waals surface area (Å²) in [4.78, 5) is 29.2. The quantitative estimate of drug-likeness (QED) is 0.340. The van der Waals surface area contributed by atoms with Crippen molar-refractivity contribution in [1.29, 1.82) is 0 Å². The Morgan fingerprint density at radius 2 is 1.47 bits per heavy atom. The Morgan fingerprint density at radius 1 is 0.833 bits per heavy atom. The Kier molecular flexibility index (Phi) is 10.3. The highest BCUT2D eigenvalue weighted by Gasteiger charge is 2.31. The summed E-state index contributed by atoms with van der Waals surface area (Å²) >= 11 is 0. The third-order valence-corrected chi connectivity index (χ3v) is 6.93. The molecule has 1 N–H and O–H groups in total. The first-order valence-electron chi connectivity index (χ1n) is 13.2. The number of amides is 2. The van der Waals surface area contributed by atoms with Crippen LogP contribution in [0.25, 0.3) is 0 Å². The van der Waals surface area contributed by atoms with E-state index in [1.165, 1.54) is 5.56 Å². The summed E-state index contributed by atoms with van der Waals surface area (Å²) in [6.45, 7) is 8.66. The number of hydrogen-bond acceptors (Lipinski definition) is 2. The molecule has 4 nitrogen and oxygen atoms in total. The van der Waals surface area contributed by atoms with Crippen molar-refractivity contribution in [3.05, 3.63) is 107 Å². The largest absolute Gasteiger partial charge is 0.352 e. The fraction of sp³-hybridized carbons (Fsp3) is 0.375. The molecule has 0 heterocycles. The normalized spacial score (nSPS) is 12.6. The minimum absolute atomic E-state index is 0.00180. The van der Waals surface area contributed by atoms with Crippen molar-refractivity contribution in [2.24, 2.45) is 0 Å². The highest BCUT2D eigenvalue weighted by atomic mass is 16.2. The van der Waals surface area contributed by atoms with Crippen molar-refractivity contribution < 1.29 is 9.59 Å². The number of aryl methyl sites for hydroxylation is 3. The molecule has 0 saturated heterocycles. The van der Waals surface area contributed by atoms with E-state index in [9.17, 15) is 9.59 Å². The van der Waals surface area contributed by atoms with E-state index in [0.717, 1.165) is 35.1 Å². The molecule has 0 radical (unpaired) electrons. The topological polar surface area (TPSA) is 49.4 Å². The molecule has 0 saturated carbocycles. The Balaban J connectivity index is 1.90. The Bertz CT molecular complexity index is 1110. The van der Waals surface area contributed by atoms with Gasteiger partial charge in [0.05, 0.1) is 0 Å². The molecule has 0 spiro atoms. The third-order valence-electron chi connectivity index (χ3n) is 6.93. The average molecular weight is 485 g/mol. The molecular formula is C32H40N2O2. The van der Waals surface area contributed by atoms with Gasteiger partial charge < -0.3 is 10.2 Å². The molecule has 0 bridgehead atoms. The van der Waals surface area contributed by atoms with E-state index in [2.05, 4.69) is 56.4 Å². The molecule has 0 aliphatic heterocycles. The van der Waals surface area contributed by atoms with Crippen molar-refractivity contribution in [3.63, 3.8) is 0 Å². The highest BCUT2D eigenvalue weighted by Crippen LogP contribution is 2.19. The van der Waals surface area contributed by atoms with Crippen LogP contribution in [0, 0.1) is 6.92 Å². The van der Waals surface area contributed by atoms with Gasteiger partial charge in [-0.2, -0.15) is 0 Å². The molecule has 3 rings (SSSR count). The van der Waals surface area contributed by atoms with Crippen LogP contribution in [0.1, 0.15) is 61.4 Å². The average Bonchev–Trinajstić information content (AvgIpc) is 2.91. The zero-order chi connectivity index (χ0) is 25.9. The maximum atomic E-state index is 13.8. The van der Waals surface area contributed by atoms with E-state index >= 15 is 0 Å². The number of hydrogen-bond donors (Lipinski definition) is 1. The molecule has 0 fully saturated rings. The number of nitrogens with zero attached hydrogens (tertiary/aromatic N) is 1. The van der Waals surface area contributed by atoms with Crippen LogP contribution in [0.2, 0.25) is 0 Å². The Labute approximate surface area is 216 Å². The van der Waals surface area contributed by atoms with Gasteiger partial charge in [0.15, 0.2) is 0 Å². The predicted octanol–water partition coefficient (Wildman–Crippen LogP) is 6.04. The predicted molar refractivity (Wildman–Crippen MR) is 148 cm³/mol. The van der Waals surface area contributed by atoms with Crippen molar-refractivity contribution in [2.75, 3.05) is 0 Å². The second-order valence-electron chi connectivity index (χ2n) is 9.64. The second kappa shape index (κ2) is 13.6. The van der Waals surface area contributed by atoms with Gasteiger partial charge in [0.25, 0.3) is 0 Å². The van der Waals surface area contributed by atoms with Crippen LogP contribution in [0.3, 0.4) is 0 Å². The van der Waals surface area contributed by atoms with E-state index in [0.29, 0.717) is 25.8 Å². The fourth-order valence-corrected chi connectivity index (χ4v) is 4.30. The van der Waals surface area contributed by atoms with Gasteiger partial charge in [-0.1, -0.05) is 92.7 Å². The third kappa shape index (κ3) is 7.81. The highest BCUT2D eigenvalue weighted by molar-refractivity contribution is 5.88. The zero-order valence-corrected chi connectivity index (χ0v) is 22.2. The number of carbonyl (C=O) groups excluding carboxylic acids is 2. The maximum Gasteiger partial charge on any atom is 0.243 e. The number of benzene rings is 3. The molecule has 0 unspecified atom stereocenters. The SMILES string of the molecule is CCc1ccc(CCC(=O)N(Cc2ccccc2C)[C@@H](Cc2ccccc2)C(=O)N[C@@H](C)CC)cc1. The summed E-state index contributed by atoms with van der Waals surface area (Å²) in [6, 6.07) is 26.0. The van der Waals surface area contributed by atoms with Crippen molar-refractivity contribution in [1.82, 2.24) is 10.2 Å². The van der Waals surface area contributed by atoms with E-state index in [1.807, 2.05) is 55.5 Å². The van der Waals surface area contributed by atoms with Crippen molar-refractivity contribution in [3.8, 4) is 0 Å². The van der Waals surface area contributed by atoms with Gasteiger partial charge in [0, 0.05) is 25.4 Å². The van der Waals surface area contributed by atoms with E-state index in [1.54, 1.807) is 4.90 Å². The maximum absolute atomic E-state index is 13.8. The number of nitrogens with one attached hydrogen (secondary N) is 1. The summed E-state index contributed by atoms with van der Waals surface area (Å²) in [6.07, 6.45) is 3.32. The first-order chi connectivity index (χ1) is 17.4. The monoisotopic (exact) mass is 484 g/mol. The van der Waals surface area contributed by atoms with Crippen LogP contribution in [-0.4, -0.2) is 28.8 Å². The molecule has 0 aromatic heterocycles. The molecule has 0 aliphatic carbocycles. The molecule has 3 aromatic carbocycles. The fourth-order valence-electron chi connectivity index (χ4n) is 4.30. The van der Waals surface area contributed by atoms with Crippen LogP contribution in [0.5, 0.6) is 0 Å². The summed E-state index contributed by atoms with van der Waals surface area (Å²) in [7, 11) is 0. The van der Waals surface area contributed by atoms with Crippen LogP contribution < -0.4 is 5.32 Å². The molecule has 0 aliphatic rings. The lowest BCUT2D eigenvalue weighted by molar-refractivity contribution is -0.141. The first-order valence-corrected chi connectivity index (χ1v) is 13.2.